The van der Waals surface area contributed by atoms with Gasteiger partial charge in [0.2, 0.25) is 11.8 Å². The van der Waals surface area contributed by atoms with Gasteiger partial charge < -0.3 is 14.8 Å². The lowest BCUT2D eigenvalue weighted by Gasteiger charge is -2.45. The summed E-state index contributed by atoms with van der Waals surface area (Å²) in [4.78, 5) is 55.2. The van der Waals surface area contributed by atoms with Crippen LogP contribution >= 0.6 is 0 Å². The number of likely N-dealkylation sites (tertiary alicyclic amines) is 1. The minimum atomic E-state index is -1.13. The van der Waals surface area contributed by atoms with Gasteiger partial charge in [-0.1, -0.05) is 62.4 Å². The van der Waals surface area contributed by atoms with Gasteiger partial charge >= 0.3 is 5.97 Å². The number of nitrogens with zero attached hydrogens (tertiary/aromatic N) is 1. The Morgan fingerprint density at radius 2 is 1.29 bits per heavy atom. The molecule has 0 spiro atoms. The molecule has 8 nitrogen and oxygen atoms in total. The topological polar surface area (TPSA) is 102 Å². The van der Waals surface area contributed by atoms with Gasteiger partial charge in [0.1, 0.15) is 11.8 Å². The lowest BCUT2D eigenvalue weighted by molar-refractivity contribution is -0.162. The number of hydrogen-bond donors (Lipinski definition) is 1. The minimum Gasteiger partial charge on any atom is -0.494 e. The Morgan fingerprint density at radius 3 is 1.73 bits per heavy atom. The molecular formula is C33H32N2O6. The second-order valence-corrected chi connectivity index (χ2v) is 11.1. The Morgan fingerprint density at radius 1 is 0.805 bits per heavy atom. The minimum absolute atomic E-state index is 0.262. The summed E-state index contributed by atoms with van der Waals surface area (Å²) in [6.07, 6.45) is 0. The highest BCUT2D eigenvalue weighted by Crippen LogP contribution is 2.61. The van der Waals surface area contributed by atoms with Crippen molar-refractivity contribution in [2.24, 2.45) is 17.8 Å². The highest BCUT2D eigenvalue weighted by atomic mass is 16.5. The molecule has 3 aromatic carbocycles. The number of nitrogens with one attached hydrogen (secondary N) is 1. The Hall–Kier alpha value is -4.46. The zero-order valence-electron chi connectivity index (χ0n) is 23.2. The summed E-state index contributed by atoms with van der Waals surface area (Å²) in [7, 11) is 0. The van der Waals surface area contributed by atoms with Gasteiger partial charge in [0, 0.05) is 17.5 Å². The predicted octanol–water partition coefficient (Wildman–Crippen LogP) is 4.48. The Labute approximate surface area is 238 Å². The van der Waals surface area contributed by atoms with Gasteiger partial charge in [0.15, 0.2) is 6.61 Å². The number of imide groups is 1. The standard InChI is InChI=1S/C33H32N2O6/c1-4-40-20-15-13-19(14-16-20)34-25(36)17-41-33(39)30(18(2)3)35-31(37)28-26-21-9-5-6-10-22(21)27(29(28)32(35)38)24-12-8-7-11-23(24)26/h5-16,18,26-30H,4,17H2,1-3H3,(H,34,36)/t26?,27?,28-,29-,30+/m1/s1. The van der Waals surface area contributed by atoms with Crippen LogP contribution in [0.25, 0.3) is 0 Å². The molecule has 3 amide bonds. The van der Waals surface area contributed by atoms with Crippen molar-refractivity contribution in [1.82, 2.24) is 4.90 Å². The van der Waals surface area contributed by atoms with Crippen LogP contribution < -0.4 is 10.1 Å². The van der Waals surface area contributed by atoms with E-state index in [1.54, 1.807) is 38.1 Å². The SMILES string of the molecule is CCOc1ccc(NC(=O)COC(=O)[C@H](C(C)C)N2C(=O)[C@@H]3C4c5ccccc5C(c5ccccc54)[C@H]3C2=O)cc1. The maximum Gasteiger partial charge on any atom is 0.330 e. The van der Waals surface area contributed by atoms with Crippen LogP contribution in [0, 0.1) is 17.8 Å². The summed E-state index contributed by atoms with van der Waals surface area (Å²) in [5.41, 5.74) is 4.79. The third-order valence-corrected chi connectivity index (χ3v) is 8.43. The molecule has 8 heteroatoms. The zero-order chi connectivity index (χ0) is 28.8. The molecule has 1 aliphatic heterocycles. The normalized spacial score (nSPS) is 22.6. The van der Waals surface area contributed by atoms with Crippen LogP contribution in [-0.4, -0.2) is 47.8 Å². The van der Waals surface area contributed by atoms with E-state index in [9.17, 15) is 19.2 Å². The molecule has 1 heterocycles. The highest BCUT2D eigenvalue weighted by Gasteiger charge is 2.63. The van der Waals surface area contributed by atoms with Crippen molar-refractivity contribution < 1.29 is 28.7 Å². The van der Waals surface area contributed by atoms with E-state index in [2.05, 4.69) is 5.32 Å². The molecule has 0 saturated carbocycles. The van der Waals surface area contributed by atoms with Crippen molar-refractivity contribution in [3.05, 3.63) is 95.1 Å². The summed E-state index contributed by atoms with van der Waals surface area (Å²) in [5, 5.41) is 2.68. The number of hydrogen-bond acceptors (Lipinski definition) is 6. The maximum absolute atomic E-state index is 14.1. The third kappa shape index (κ3) is 4.38. The number of ether oxygens (including phenoxy) is 2. The fraction of sp³-hybridized carbons (Fsp3) is 0.333. The first-order valence-electron chi connectivity index (χ1n) is 14.1. The van der Waals surface area contributed by atoms with Crippen molar-refractivity contribution in [3.8, 4) is 5.75 Å². The summed E-state index contributed by atoms with van der Waals surface area (Å²) >= 11 is 0. The van der Waals surface area contributed by atoms with Crippen molar-refractivity contribution in [2.45, 2.75) is 38.6 Å². The van der Waals surface area contributed by atoms with Crippen LogP contribution in [0.15, 0.2) is 72.8 Å². The quantitative estimate of drug-likeness (QED) is 0.327. The first-order chi connectivity index (χ1) is 19.8. The summed E-state index contributed by atoms with van der Waals surface area (Å²) in [6, 6.07) is 21.7. The average Bonchev–Trinajstić information content (AvgIpc) is 3.23. The molecule has 4 aliphatic rings. The fourth-order valence-corrected chi connectivity index (χ4v) is 6.87. The van der Waals surface area contributed by atoms with Gasteiger partial charge in [0.25, 0.3) is 5.91 Å². The molecule has 0 radical (unpaired) electrons. The van der Waals surface area contributed by atoms with Crippen molar-refractivity contribution in [3.63, 3.8) is 0 Å². The number of carbonyl (C=O) groups excluding carboxylic acids is 4. The Kier molecular flexibility index (Phi) is 6.85. The zero-order valence-corrected chi connectivity index (χ0v) is 23.2. The predicted molar refractivity (Wildman–Crippen MR) is 151 cm³/mol. The monoisotopic (exact) mass is 552 g/mol. The summed E-state index contributed by atoms with van der Waals surface area (Å²) < 4.78 is 10.8. The summed E-state index contributed by atoms with van der Waals surface area (Å²) in [6.45, 7) is 5.41. The maximum atomic E-state index is 14.1. The highest BCUT2D eigenvalue weighted by molar-refractivity contribution is 6.10. The molecule has 3 aliphatic carbocycles. The molecule has 41 heavy (non-hydrogen) atoms. The smallest absolute Gasteiger partial charge is 0.330 e. The third-order valence-electron chi connectivity index (χ3n) is 8.43. The molecule has 1 fully saturated rings. The number of carbonyl (C=O) groups is 4. The van der Waals surface area contributed by atoms with E-state index in [-0.39, 0.29) is 23.7 Å². The van der Waals surface area contributed by atoms with Crippen molar-refractivity contribution in [1.29, 1.82) is 0 Å². The second-order valence-electron chi connectivity index (χ2n) is 11.1. The van der Waals surface area contributed by atoms with Crippen LogP contribution in [0.1, 0.15) is 54.9 Å². The van der Waals surface area contributed by atoms with E-state index in [0.717, 1.165) is 27.2 Å². The van der Waals surface area contributed by atoms with Crippen LogP contribution in [0.3, 0.4) is 0 Å². The number of anilines is 1. The molecule has 0 unspecified atom stereocenters. The first-order valence-corrected chi connectivity index (χ1v) is 14.1. The van der Waals surface area contributed by atoms with Gasteiger partial charge in [-0.3, -0.25) is 19.3 Å². The van der Waals surface area contributed by atoms with Crippen LogP contribution in [0.2, 0.25) is 0 Å². The van der Waals surface area contributed by atoms with Crippen LogP contribution in [0.4, 0.5) is 5.69 Å². The van der Waals surface area contributed by atoms with Crippen molar-refractivity contribution in [2.75, 3.05) is 18.5 Å². The largest absolute Gasteiger partial charge is 0.494 e. The number of rotatable bonds is 8. The van der Waals surface area contributed by atoms with E-state index < -0.39 is 42.3 Å². The summed E-state index contributed by atoms with van der Waals surface area (Å²) in [5.74, 6) is -3.44. The first kappa shape index (κ1) is 26.7. The fourth-order valence-electron chi connectivity index (χ4n) is 6.87. The van der Waals surface area contributed by atoms with Crippen LogP contribution in [-0.2, 0) is 23.9 Å². The van der Waals surface area contributed by atoms with Gasteiger partial charge in [-0.25, -0.2) is 4.79 Å². The molecule has 7 rings (SSSR count). The number of benzene rings is 3. The van der Waals surface area contributed by atoms with E-state index in [1.807, 2.05) is 55.5 Å². The molecule has 1 N–H and O–H groups in total. The Balaban J connectivity index is 1.22. The van der Waals surface area contributed by atoms with Gasteiger partial charge in [-0.15, -0.1) is 0 Å². The second kappa shape index (κ2) is 10.5. The van der Waals surface area contributed by atoms with Gasteiger partial charge in [-0.2, -0.15) is 0 Å². The average molecular weight is 553 g/mol. The molecule has 2 bridgehead atoms. The molecule has 3 atom stereocenters. The number of amides is 3. The van der Waals surface area contributed by atoms with Crippen molar-refractivity contribution >= 4 is 29.4 Å². The van der Waals surface area contributed by atoms with E-state index in [4.69, 9.17) is 9.47 Å². The molecule has 210 valence electrons. The van der Waals surface area contributed by atoms with E-state index in [0.29, 0.717) is 18.0 Å². The lowest BCUT2D eigenvalue weighted by Crippen LogP contribution is -2.49. The number of esters is 1. The van der Waals surface area contributed by atoms with Crippen LogP contribution in [0.5, 0.6) is 5.75 Å². The molecule has 3 aromatic rings. The van der Waals surface area contributed by atoms with Gasteiger partial charge in [0.05, 0.1) is 18.4 Å². The lowest BCUT2D eigenvalue weighted by atomic mass is 9.55. The van der Waals surface area contributed by atoms with E-state index in [1.165, 1.54) is 0 Å². The van der Waals surface area contributed by atoms with E-state index >= 15 is 0 Å². The molecule has 0 aromatic heterocycles. The molecular weight excluding hydrogens is 520 g/mol. The van der Waals surface area contributed by atoms with Gasteiger partial charge in [-0.05, 0) is 59.4 Å². The molecule has 1 saturated heterocycles. The Bertz CT molecular complexity index is 1420.